The molecule has 0 bridgehead atoms. The molecule has 9 nitrogen and oxygen atoms in total. The highest BCUT2D eigenvalue weighted by Crippen LogP contribution is 2.11. The minimum Gasteiger partial charge on any atom is -0.296 e. The van der Waals surface area contributed by atoms with Gasteiger partial charge in [0.15, 0.2) is 0 Å². The summed E-state index contributed by atoms with van der Waals surface area (Å²) < 4.78 is 0. The van der Waals surface area contributed by atoms with E-state index in [9.17, 15) is 14.4 Å². The Kier molecular flexibility index (Phi) is 8.03. The summed E-state index contributed by atoms with van der Waals surface area (Å²) >= 11 is 5.56. The molecule has 0 fully saturated rings. The first kappa shape index (κ1) is 20.1. The number of carbonyl (C=O) groups is 3. The van der Waals surface area contributed by atoms with Crippen LogP contribution in [0.3, 0.4) is 0 Å². The Bertz CT molecular complexity index is 725. The van der Waals surface area contributed by atoms with Gasteiger partial charge in [0.2, 0.25) is 0 Å². The maximum atomic E-state index is 10.9. The Labute approximate surface area is 145 Å². The highest BCUT2D eigenvalue weighted by molar-refractivity contribution is 6.30. The molecule has 2 rings (SSSR count). The molecule has 0 saturated heterocycles. The molecule has 0 aromatic heterocycles. The van der Waals surface area contributed by atoms with Crippen molar-refractivity contribution in [3.8, 4) is 0 Å². The Hall–Kier alpha value is -2.98. The molecular formula is C15H11ClO9. The number of carbonyl (C=O) groups excluding carboxylic acids is 3. The normalized spacial score (nSPS) is 9.28. The van der Waals surface area contributed by atoms with E-state index in [1.165, 1.54) is 36.4 Å². The van der Waals surface area contributed by atoms with Crippen molar-refractivity contribution in [1.29, 1.82) is 0 Å². The summed E-state index contributed by atoms with van der Waals surface area (Å²) in [6.45, 7) is 0. The molecule has 0 spiro atoms. The van der Waals surface area contributed by atoms with Crippen LogP contribution >= 0.6 is 11.6 Å². The smallest absolute Gasteiger partial charge is 0.296 e. The zero-order valence-electron chi connectivity index (χ0n) is 12.3. The maximum absolute atomic E-state index is 10.9. The van der Waals surface area contributed by atoms with Crippen molar-refractivity contribution in [3.05, 3.63) is 70.2 Å². The first-order valence-corrected chi connectivity index (χ1v) is 6.74. The van der Waals surface area contributed by atoms with Gasteiger partial charge in [0, 0.05) is 5.02 Å². The zero-order valence-corrected chi connectivity index (χ0v) is 13.0. The van der Waals surface area contributed by atoms with E-state index in [0.29, 0.717) is 5.02 Å². The van der Waals surface area contributed by atoms with E-state index in [2.05, 4.69) is 14.7 Å². The Morgan fingerprint density at radius 2 is 1.20 bits per heavy atom. The number of halogens is 1. The monoisotopic (exact) mass is 370 g/mol. The lowest BCUT2D eigenvalue weighted by Crippen LogP contribution is -2.11. The van der Waals surface area contributed by atoms with Gasteiger partial charge in [-0.2, -0.15) is 15.8 Å². The second kappa shape index (κ2) is 10.0. The number of hydrogen-bond donors (Lipinski definition) is 3. The molecule has 0 aliphatic rings. The van der Waals surface area contributed by atoms with Gasteiger partial charge in [-0.1, -0.05) is 29.8 Å². The van der Waals surface area contributed by atoms with Crippen molar-refractivity contribution in [2.24, 2.45) is 0 Å². The molecule has 0 radical (unpaired) electrons. The molecule has 0 atom stereocenters. The van der Waals surface area contributed by atoms with Crippen molar-refractivity contribution < 1.29 is 44.8 Å². The summed E-state index contributed by atoms with van der Waals surface area (Å²) in [4.78, 5) is 42.8. The summed E-state index contributed by atoms with van der Waals surface area (Å²) in [7, 11) is 0. The highest BCUT2D eigenvalue weighted by atomic mass is 35.5. The summed E-state index contributed by atoms with van der Waals surface area (Å²) in [6, 6.07) is 11.5. The number of rotatable bonds is 3. The van der Waals surface area contributed by atoms with Crippen LogP contribution in [-0.4, -0.2) is 33.7 Å². The molecule has 2 aromatic carbocycles. The van der Waals surface area contributed by atoms with Gasteiger partial charge >= 0.3 is 17.9 Å². The van der Waals surface area contributed by atoms with E-state index in [4.69, 9.17) is 27.4 Å². The van der Waals surface area contributed by atoms with Crippen LogP contribution in [0.2, 0.25) is 5.02 Å². The number of hydrogen-bond acceptors (Lipinski definition) is 9. The quantitative estimate of drug-likeness (QED) is 0.422. The average Bonchev–Trinajstić information content (AvgIpc) is 2.66. The van der Waals surface area contributed by atoms with E-state index in [1.807, 2.05) is 0 Å². The lowest BCUT2D eigenvalue weighted by Gasteiger charge is -2.02. The van der Waals surface area contributed by atoms with Crippen molar-refractivity contribution in [2.75, 3.05) is 0 Å². The Morgan fingerprint density at radius 3 is 1.60 bits per heavy atom. The first-order chi connectivity index (χ1) is 11.9. The van der Waals surface area contributed by atoms with Crippen molar-refractivity contribution in [1.82, 2.24) is 0 Å². The van der Waals surface area contributed by atoms with Gasteiger partial charge in [0.25, 0.3) is 0 Å². The van der Waals surface area contributed by atoms with Gasteiger partial charge < -0.3 is 0 Å². The molecule has 0 unspecified atom stereocenters. The first-order valence-electron chi connectivity index (χ1n) is 6.36. The van der Waals surface area contributed by atoms with Crippen LogP contribution in [0.1, 0.15) is 31.1 Å². The minimum atomic E-state index is -1.11. The topological polar surface area (TPSA) is 140 Å². The second-order valence-electron chi connectivity index (χ2n) is 4.19. The van der Waals surface area contributed by atoms with Crippen LogP contribution in [0.15, 0.2) is 48.5 Å². The van der Waals surface area contributed by atoms with Crippen LogP contribution in [0, 0.1) is 0 Å². The summed E-state index contributed by atoms with van der Waals surface area (Å²) in [5, 5.41) is 24.6. The Morgan fingerprint density at radius 1 is 0.720 bits per heavy atom. The van der Waals surface area contributed by atoms with Crippen LogP contribution in [0.4, 0.5) is 0 Å². The molecule has 2 aromatic rings. The van der Waals surface area contributed by atoms with Gasteiger partial charge in [-0.3, -0.25) is 14.7 Å². The predicted octanol–water partition coefficient (Wildman–Crippen LogP) is 2.92. The zero-order chi connectivity index (χ0) is 18.8. The highest BCUT2D eigenvalue weighted by Gasteiger charge is 2.18. The fraction of sp³-hybridized carbons (Fsp3) is 0. The van der Waals surface area contributed by atoms with Crippen LogP contribution in [0.25, 0.3) is 0 Å². The third-order valence-corrected chi connectivity index (χ3v) is 2.91. The largest absolute Gasteiger partial charge is 0.373 e. The van der Waals surface area contributed by atoms with E-state index >= 15 is 0 Å². The molecular weight excluding hydrogens is 360 g/mol. The molecule has 0 aliphatic carbocycles. The van der Waals surface area contributed by atoms with Gasteiger partial charge in [-0.25, -0.2) is 14.4 Å². The molecule has 3 N–H and O–H groups in total. The fourth-order valence-electron chi connectivity index (χ4n) is 1.61. The summed E-state index contributed by atoms with van der Waals surface area (Å²) in [5.74, 6) is -3.02. The summed E-state index contributed by atoms with van der Waals surface area (Å²) in [5.41, 5.74) is -0.178. The Balaban J connectivity index is 0.000000257. The molecule has 132 valence electrons. The predicted molar refractivity (Wildman–Crippen MR) is 82.0 cm³/mol. The number of benzene rings is 2. The van der Waals surface area contributed by atoms with E-state index in [-0.39, 0.29) is 16.7 Å². The minimum absolute atomic E-state index is 0.200. The maximum Gasteiger partial charge on any atom is 0.373 e. The van der Waals surface area contributed by atoms with Gasteiger partial charge in [0.1, 0.15) is 0 Å². The summed E-state index contributed by atoms with van der Waals surface area (Å²) in [6.07, 6.45) is 0. The van der Waals surface area contributed by atoms with Crippen LogP contribution in [0.5, 0.6) is 0 Å². The molecule has 0 heterocycles. The van der Waals surface area contributed by atoms with Gasteiger partial charge in [-0.15, -0.1) is 0 Å². The molecule has 0 aliphatic heterocycles. The van der Waals surface area contributed by atoms with E-state index in [1.54, 1.807) is 12.1 Å². The molecule has 0 amide bonds. The van der Waals surface area contributed by atoms with E-state index < -0.39 is 17.9 Å². The van der Waals surface area contributed by atoms with Crippen LogP contribution in [-0.2, 0) is 14.7 Å². The molecule has 10 heteroatoms. The second-order valence-corrected chi connectivity index (χ2v) is 4.63. The lowest BCUT2D eigenvalue weighted by atomic mass is 10.1. The SMILES string of the molecule is O=C(OO)c1cccc(Cl)c1.O=C(OO)c1ccccc1C(=O)OO. The average molecular weight is 371 g/mol. The van der Waals surface area contributed by atoms with E-state index in [0.717, 1.165) is 0 Å². The van der Waals surface area contributed by atoms with Crippen molar-refractivity contribution in [2.45, 2.75) is 0 Å². The third-order valence-electron chi connectivity index (χ3n) is 2.68. The van der Waals surface area contributed by atoms with Gasteiger partial charge in [-0.05, 0) is 30.3 Å². The van der Waals surface area contributed by atoms with Gasteiger partial charge in [0.05, 0.1) is 16.7 Å². The lowest BCUT2D eigenvalue weighted by molar-refractivity contribution is -0.185. The molecule has 0 saturated carbocycles. The van der Waals surface area contributed by atoms with Crippen LogP contribution < -0.4 is 0 Å². The van der Waals surface area contributed by atoms with Crippen molar-refractivity contribution >= 4 is 29.5 Å². The standard InChI is InChI=1S/C8H6O6.C7H5ClO3/c9-7(13-11)5-3-1-2-4-6(5)8(10)14-12;8-6-3-1-2-5(4-6)7(9)11-10/h1-4,11-12H;1-4,10H. The van der Waals surface area contributed by atoms with Crippen molar-refractivity contribution in [3.63, 3.8) is 0 Å². The fourth-order valence-corrected chi connectivity index (χ4v) is 1.80. The molecule has 25 heavy (non-hydrogen) atoms. The third kappa shape index (κ3) is 5.86.